The number of hydrogen-bond acceptors (Lipinski definition) is 3. The Bertz CT molecular complexity index is 494. The maximum absolute atomic E-state index is 12.4. The Morgan fingerprint density at radius 1 is 1.26 bits per heavy atom. The number of aliphatic hydroxyl groups is 1. The second-order valence-corrected chi connectivity index (χ2v) is 4.63. The molecule has 2 rings (SSSR count). The summed E-state index contributed by atoms with van der Waals surface area (Å²) in [6, 6.07) is 1.74. The number of carbonyl (C=O) groups excluding carboxylic acids is 1. The second kappa shape index (κ2) is 6.91. The van der Waals surface area contributed by atoms with Crippen LogP contribution in [0.25, 0.3) is 0 Å². The molecule has 2 heterocycles. The first kappa shape index (κ1) is 13.6. The van der Waals surface area contributed by atoms with E-state index >= 15 is 0 Å². The van der Waals surface area contributed by atoms with Gasteiger partial charge >= 0.3 is 0 Å². The first-order chi connectivity index (χ1) is 9.31. The monoisotopic (exact) mass is 258 g/mol. The number of carbonyl (C=O) groups is 1. The Kier molecular flexibility index (Phi) is 4.93. The fraction of sp³-hybridized carbons (Fsp3) is 0.467. The lowest BCUT2D eigenvalue weighted by molar-refractivity contribution is 0.0761. The topological polar surface area (TPSA) is 53.4 Å². The maximum Gasteiger partial charge on any atom is 0.255 e. The molecule has 0 atom stereocenters. The summed E-state index contributed by atoms with van der Waals surface area (Å²) >= 11 is 0. The van der Waals surface area contributed by atoms with Crippen LogP contribution in [0.5, 0.6) is 0 Å². The highest BCUT2D eigenvalue weighted by molar-refractivity contribution is 5.94. The van der Waals surface area contributed by atoms with Gasteiger partial charge < -0.3 is 10.0 Å². The SMILES string of the molecule is O=C(c1cncc(C#CCO)c1)N1CCCCCC1. The highest BCUT2D eigenvalue weighted by Crippen LogP contribution is 2.13. The van der Waals surface area contributed by atoms with Crippen molar-refractivity contribution in [1.29, 1.82) is 0 Å². The normalized spacial score (nSPS) is 15.3. The van der Waals surface area contributed by atoms with E-state index in [2.05, 4.69) is 16.8 Å². The average Bonchev–Trinajstić information content (AvgIpc) is 2.73. The van der Waals surface area contributed by atoms with Crippen molar-refractivity contribution in [3.05, 3.63) is 29.6 Å². The third kappa shape index (κ3) is 3.80. The van der Waals surface area contributed by atoms with Gasteiger partial charge in [-0.1, -0.05) is 24.7 Å². The molecule has 0 spiro atoms. The van der Waals surface area contributed by atoms with Gasteiger partial charge in [0.15, 0.2) is 0 Å². The van der Waals surface area contributed by atoms with Crippen LogP contribution >= 0.6 is 0 Å². The highest BCUT2D eigenvalue weighted by Gasteiger charge is 2.17. The molecule has 1 saturated heterocycles. The van der Waals surface area contributed by atoms with Gasteiger partial charge in [-0.15, -0.1) is 0 Å². The van der Waals surface area contributed by atoms with Crippen molar-refractivity contribution in [2.75, 3.05) is 19.7 Å². The van der Waals surface area contributed by atoms with Crippen molar-refractivity contribution in [2.24, 2.45) is 0 Å². The number of likely N-dealkylation sites (tertiary alicyclic amines) is 1. The molecule has 0 aliphatic carbocycles. The molecular formula is C15H18N2O2. The molecule has 0 unspecified atom stereocenters. The predicted octanol–water partition coefficient (Wildman–Crippen LogP) is 1.44. The number of amides is 1. The minimum absolute atomic E-state index is 0.0297. The number of hydrogen-bond donors (Lipinski definition) is 1. The van der Waals surface area contributed by atoms with Crippen LogP contribution in [0.15, 0.2) is 18.5 Å². The van der Waals surface area contributed by atoms with Crippen molar-refractivity contribution in [1.82, 2.24) is 9.88 Å². The molecule has 1 aliphatic rings. The van der Waals surface area contributed by atoms with Crippen molar-refractivity contribution in [2.45, 2.75) is 25.7 Å². The minimum atomic E-state index is -0.190. The Morgan fingerprint density at radius 3 is 2.68 bits per heavy atom. The predicted molar refractivity (Wildman–Crippen MR) is 72.6 cm³/mol. The van der Waals surface area contributed by atoms with Crippen molar-refractivity contribution < 1.29 is 9.90 Å². The molecule has 1 aromatic heterocycles. The van der Waals surface area contributed by atoms with Crippen molar-refractivity contribution in [3.8, 4) is 11.8 Å². The molecule has 4 nitrogen and oxygen atoms in total. The van der Waals surface area contributed by atoms with Gasteiger partial charge in [-0.05, 0) is 18.9 Å². The van der Waals surface area contributed by atoms with Gasteiger partial charge in [0, 0.05) is 31.0 Å². The number of aromatic nitrogens is 1. The smallest absolute Gasteiger partial charge is 0.255 e. The van der Waals surface area contributed by atoms with Crippen molar-refractivity contribution in [3.63, 3.8) is 0 Å². The lowest BCUT2D eigenvalue weighted by Crippen LogP contribution is -2.31. The molecule has 0 aromatic carbocycles. The summed E-state index contributed by atoms with van der Waals surface area (Å²) in [5, 5.41) is 8.67. The first-order valence-corrected chi connectivity index (χ1v) is 6.65. The van der Waals surface area contributed by atoms with Crippen molar-refractivity contribution >= 4 is 5.91 Å². The van der Waals surface area contributed by atoms with Crippen LogP contribution in [-0.4, -0.2) is 40.6 Å². The summed E-state index contributed by atoms with van der Waals surface area (Å²) in [6.07, 6.45) is 7.72. The Balaban J connectivity index is 2.13. The largest absolute Gasteiger partial charge is 0.384 e. The molecule has 0 bridgehead atoms. The molecule has 0 radical (unpaired) electrons. The van der Waals surface area contributed by atoms with Gasteiger partial charge in [0.1, 0.15) is 6.61 Å². The van der Waals surface area contributed by atoms with Gasteiger partial charge in [0.25, 0.3) is 5.91 Å². The van der Waals surface area contributed by atoms with Crippen LogP contribution in [0.1, 0.15) is 41.6 Å². The van der Waals surface area contributed by atoms with Crippen LogP contribution in [0.3, 0.4) is 0 Å². The highest BCUT2D eigenvalue weighted by atomic mass is 16.2. The molecule has 1 aromatic rings. The van der Waals surface area contributed by atoms with E-state index in [0.29, 0.717) is 11.1 Å². The molecular weight excluding hydrogens is 240 g/mol. The van der Waals surface area contributed by atoms with E-state index in [4.69, 9.17) is 5.11 Å². The first-order valence-electron chi connectivity index (χ1n) is 6.65. The van der Waals surface area contributed by atoms with E-state index in [1.54, 1.807) is 18.5 Å². The molecule has 1 N–H and O–H groups in total. The Hall–Kier alpha value is -1.86. The van der Waals surface area contributed by atoms with Crippen LogP contribution in [0.2, 0.25) is 0 Å². The van der Waals surface area contributed by atoms with Gasteiger partial charge in [-0.3, -0.25) is 9.78 Å². The number of nitrogens with zero attached hydrogens (tertiary/aromatic N) is 2. The molecule has 1 aliphatic heterocycles. The summed E-state index contributed by atoms with van der Waals surface area (Å²) in [5.41, 5.74) is 1.24. The van der Waals surface area contributed by atoms with E-state index in [1.165, 1.54) is 12.8 Å². The zero-order valence-corrected chi connectivity index (χ0v) is 10.9. The van der Waals surface area contributed by atoms with Gasteiger partial charge in [-0.25, -0.2) is 0 Å². The summed E-state index contributed by atoms with van der Waals surface area (Å²) in [4.78, 5) is 18.3. The van der Waals surface area contributed by atoms with Gasteiger partial charge in [-0.2, -0.15) is 0 Å². The number of pyridine rings is 1. The molecule has 1 fully saturated rings. The summed E-state index contributed by atoms with van der Waals surface area (Å²) in [7, 11) is 0. The molecule has 0 saturated carbocycles. The van der Waals surface area contributed by atoms with Crippen LogP contribution in [0, 0.1) is 11.8 Å². The quantitative estimate of drug-likeness (QED) is 0.776. The van der Waals surface area contributed by atoms with Gasteiger partial charge in [0.05, 0.1) is 5.56 Å². The number of rotatable bonds is 1. The fourth-order valence-electron chi connectivity index (χ4n) is 2.22. The van der Waals surface area contributed by atoms with E-state index in [0.717, 1.165) is 25.9 Å². The van der Waals surface area contributed by atoms with Gasteiger partial charge in [0.2, 0.25) is 0 Å². The third-order valence-corrected chi connectivity index (χ3v) is 3.19. The lowest BCUT2D eigenvalue weighted by Gasteiger charge is -2.20. The molecule has 100 valence electrons. The summed E-state index contributed by atoms with van der Waals surface area (Å²) < 4.78 is 0. The van der Waals surface area contributed by atoms with Crippen LogP contribution in [0.4, 0.5) is 0 Å². The third-order valence-electron chi connectivity index (χ3n) is 3.19. The minimum Gasteiger partial charge on any atom is -0.384 e. The maximum atomic E-state index is 12.4. The number of aliphatic hydroxyl groups excluding tert-OH is 1. The standard InChI is InChI=1S/C15H18N2O2/c18-9-5-6-13-10-14(12-16-11-13)15(19)17-7-3-1-2-4-8-17/h10-12,18H,1-4,7-9H2. The van der Waals surface area contributed by atoms with E-state index in [1.807, 2.05) is 4.90 Å². The fourth-order valence-corrected chi connectivity index (χ4v) is 2.22. The molecule has 1 amide bonds. The molecule has 4 heteroatoms. The van der Waals surface area contributed by atoms with E-state index in [9.17, 15) is 4.79 Å². The van der Waals surface area contributed by atoms with E-state index in [-0.39, 0.29) is 12.5 Å². The zero-order valence-electron chi connectivity index (χ0n) is 10.9. The lowest BCUT2D eigenvalue weighted by atomic mass is 10.2. The summed E-state index contributed by atoms with van der Waals surface area (Å²) in [5.74, 6) is 5.36. The van der Waals surface area contributed by atoms with Crippen LogP contribution in [-0.2, 0) is 0 Å². The zero-order chi connectivity index (χ0) is 13.5. The summed E-state index contributed by atoms with van der Waals surface area (Å²) in [6.45, 7) is 1.46. The Morgan fingerprint density at radius 2 is 2.00 bits per heavy atom. The average molecular weight is 258 g/mol. The Labute approximate surface area is 113 Å². The van der Waals surface area contributed by atoms with E-state index < -0.39 is 0 Å². The molecule has 19 heavy (non-hydrogen) atoms. The second-order valence-electron chi connectivity index (χ2n) is 4.63. The van der Waals surface area contributed by atoms with Crippen LogP contribution < -0.4 is 0 Å².